The predicted octanol–water partition coefficient (Wildman–Crippen LogP) is 18.2. The fourth-order valence-corrected chi connectivity index (χ4v) is 13.3. The Morgan fingerprint density at radius 3 is 1.65 bits per heavy atom. The molecule has 1 aliphatic carbocycles. The van der Waals surface area contributed by atoms with Gasteiger partial charge >= 0.3 is 0 Å². The minimum absolute atomic E-state index is 0. The molecule has 14 rings (SSSR count). The van der Waals surface area contributed by atoms with Gasteiger partial charge in [0.05, 0.1) is 16.7 Å². The molecule has 7 heteroatoms. The Hall–Kier alpha value is -8.18. The van der Waals surface area contributed by atoms with Crippen LogP contribution in [0.25, 0.3) is 83.4 Å². The quantitative estimate of drug-likeness (QED) is 0.123. The molecule has 414 valence electrons. The van der Waals surface area contributed by atoms with Gasteiger partial charge in [0, 0.05) is 73.2 Å². The molecule has 0 bridgehead atoms. The zero-order valence-corrected chi connectivity index (χ0v) is 51.6. The number of para-hydroxylation sites is 2. The average molecular weight is 1260 g/mol. The Bertz CT molecular complexity index is 4420. The van der Waals surface area contributed by atoms with Crippen molar-refractivity contribution in [3.63, 3.8) is 0 Å². The Labute approximate surface area is 502 Å². The van der Waals surface area contributed by atoms with Crippen LogP contribution in [-0.2, 0) is 48.1 Å². The van der Waals surface area contributed by atoms with Crippen molar-refractivity contribution in [1.82, 2.24) is 19.1 Å². The van der Waals surface area contributed by atoms with E-state index >= 15 is 0 Å². The molecule has 5 heterocycles. The molecule has 12 aromatic rings. The molecule has 8 aromatic carbocycles. The van der Waals surface area contributed by atoms with Crippen LogP contribution in [0.4, 0.5) is 0 Å². The Morgan fingerprint density at radius 2 is 1.07 bits per heavy atom. The summed E-state index contributed by atoms with van der Waals surface area (Å²) in [5, 5.41) is 2.20. The van der Waals surface area contributed by atoms with Crippen molar-refractivity contribution in [3.8, 4) is 62.1 Å². The summed E-state index contributed by atoms with van der Waals surface area (Å²) in [4.78, 5) is 9.77. The van der Waals surface area contributed by atoms with Gasteiger partial charge in [-0.15, -0.1) is 35.2 Å². The van der Waals surface area contributed by atoms with Crippen molar-refractivity contribution in [1.29, 1.82) is 0 Å². The third-order valence-electron chi connectivity index (χ3n) is 17.2. The maximum atomic E-state index is 7.13. The molecule has 6 nitrogen and oxygen atoms in total. The molecule has 4 aromatic heterocycles. The van der Waals surface area contributed by atoms with E-state index in [4.69, 9.17) is 14.7 Å². The molecule has 2 aliphatic rings. The largest absolute Gasteiger partial charge is 0.510 e. The monoisotopic (exact) mass is 1260 g/mol. The topological polar surface area (TPSA) is 48.8 Å². The van der Waals surface area contributed by atoms with Gasteiger partial charge < -0.3 is 13.9 Å². The fourth-order valence-electron chi connectivity index (χ4n) is 13.3. The fraction of sp³-hybridized carbons (Fsp3) is 0.224. The van der Waals surface area contributed by atoms with Gasteiger partial charge in [-0.3, -0.25) is 9.55 Å². The summed E-state index contributed by atoms with van der Waals surface area (Å²) in [5.74, 6) is 1.97. The number of nitrogens with zero attached hydrogens (tertiary/aromatic N) is 5. The summed E-state index contributed by atoms with van der Waals surface area (Å²) in [5.41, 5.74) is 21.3. The number of rotatable bonds is 6. The molecule has 0 unspecified atom stereocenters. The molecule has 0 saturated carbocycles. The summed E-state index contributed by atoms with van der Waals surface area (Å²) in [7, 11) is 0. The maximum absolute atomic E-state index is 7.13. The minimum Gasteiger partial charge on any atom is -0.510 e. The van der Waals surface area contributed by atoms with E-state index in [2.05, 4.69) is 261 Å². The number of hydrogen-bond donors (Lipinski definition) is 0. The first-order valence-corrected chi connectivity index (χ1v) is 28.8. The zero-order chi connectivity index (χ0) is 56.8. The summed E-state index contributed by atoms with van der Waals surface area (Å²) >= 11 is 0. The number of hydrogen-bond acceptors (Lipinski definition) is 3. The van der Waals surface area contributed by atoms with Crippen molar-refractivity contribution in [3.05, 3.63) is 251 Å². The van der Waals surface area contributed by atoms with E-state index < -0.39 is 5.41 Å². The summed E-state index contributed by atoms with van der Waals surface area (Å²) in [6, 6.07) is 69.3. The number of ether oxygens (including phenoxy) is 1. The molecule has 0 amide bonds. The number of imidazole rings is 1. The van der Waals surface area contributed by atoms with Crippen LogP contribution >= 0.6 is 0 Å². The first-order valence-electron chi connectivity index (χ1n) is 28.8. The second kappa shape index (κ2) is 19.2. The van der Waals surface area contributed by atoms with Gasteiger partial charge in [0.25, 0.3) is 6.33 Å². The average Bonchev–Trinajstić information content (AvgIpc) is 1.59. The van der Waals surface area contributed by atoms with Crippen LogP contribution in [0, 0.1) is 18.5 Å². The number of benzene rings is 8. The third kappa shape index (κ3) is 8.41. The second-order valence-corrected chi connectivity index (χ2v) is 26.7. The molecule has 1 aliphatic heterocycles. The maximum Gasteiger partial charge on any atom is 0.268 e. The van der Waals surface area contributed by atoms with Gasteiger partial charge in [0.15, 0.2) is 0 Å². The van der Waals surface area contributed by atoms with E-state index in [1.807, 2.05) is 42.9 Å². The summed E-state index contributed by atoms with van der Waals surface area (Å²) < 4.78 is 13.9. The molecular formula is C76H67N5OPt-2. The van der Waals surface area contributed by atoms with E-state index in [-0.39, 0.29) is 42.7 Å². The van der Waals surface area contributed by atoms with Gasteiger partial charge in [0.1, 0.15) is 5.82 Å². The van der Waals surface area contributed by atoms with Crippen LogP contribution in [0.15, 0.2) is 188 Å². The number of pyridine rings is 2. The van der Waals surface area contributed by atoms with E-state index in [1.54, 1.807) is 0 Å². The molecule has 0 fully saturated rings. The molecular weight excluding hydrogens is 1190 g/mol. The Morgan fingerprint density at radius 1 is 0.506 bits per heavy atom. The van der Waals surface area contributed by atoms with Crippen LogP contribution in [0.1, 0.15) is 128 Å². The van der Waals surface area contributed by atoms with Crippen LogP contribution in [-0.4, -0.2) is 19.1 Å². The molecule has 0 N–H and O–H groups in total. The van der Waals surface area contributed by atoms with Gasteiger partial charge in [0.2, 0.25) is 0 Å². The smallest absolute Gasteiger partial charge is 0.268 e. The van der Waals surface area contributed by atoms with E-state index in [0.29, 0.717) is 11.5 Å². The second-order valence-electron chi connectivity index (χ2n) is 26.7. The van der Waals surface area contributed by atoms with Gasteiger partial charge in [-0.1, -0.05) is 216 Å². The van der Waals surface area contributed by atoms with Gasteiger partial charge in [-0.05, 0) is 112 Å². The van der Waals surface area contributed by atoms with Crippen LogP contribution < -0.4 is 9.30 Å². The van der Waals surface area contributed by atoms with Crippen LogP contribution in [0.2, 0.25) is 0 Å². The van der Waals surface area contributed by atoms with Crippen molar-refractivity contribution in [2.24, 2.45) is 0 Å². The normalized spacial score (nSPS) is 13.5. The molecule has 0 atom stereocenters. The molecule has 0 saturated heterocycles. The van der Waals surface area contributed by atoms with Crippen LogP contribution in [0.5, 0.6) is 11.5 Å². The molecule has 0 radical (unpaired) electrons. The first kappa shape index (κ1) is 54.1. The Kier molecular flexibility index (Phi) is 12.5. The number of aromatic nitrogens is 5. The van der Waals surface area contributed by atoms with E-state index in [9.17, 15) is 0 Å². The SMILES string of the molecule is CC(C)(C)c1cc2c(c(C(C)(C)C)c1)C1(c3ccc(Oc4[c-]c5c(cc4)c4ccccc4n5-c4ccccn4)[c-]c3-n3[c-][n+](-c4c(-c5ccccc5)cncc4-c4ccccc4)c4cccc1c43)c1c-2cc(C(C)(C)C)cc1C(C)(C)C.[Pt]. The third-order valence-corrected chi connectivity index (χ3v) is 17.2. The van der Waals surface area contributed by atoms with E-state index in [1.165, 1.54) is 50.1 Å². The molecule has 83 heavy (non-hydrogen) atoms. The number of fused-ring (bicyclic) bond motifs is 12. The van der Waals surface area contributed by atoms with Gasteiger partial charge in [-0.25, -0.2) is 4.98 Å². The van der Waals surface area contributed by atoms with Gasteiger partial charge in [-0.2, -0.15) is 12.1 Å². The Balaban J connectivity index is 0.00000645. The summed E-state index contributed by atoms with van der Waals surface area (Å²) in [6.45, 7) is 28.5. The van der Waals surface area contributed by atoms with Crippen molar-refractivity contribution in [2.45, 2.75) is 110 Å². The first-order chi connectivity index (χ1) is 39.2. The van der Waals surface area contributed by atoms with Crippen molar-refractivity contribution >= 4 is 32.8 Å². The zero-order valence-electron chi connectivity index (χ0n) is 49.4. The standard InChI is InChI=1S/C76H67N5O.Pt/c1-72(2,3)49-38-55-56-39-50(73(4,5)6)41-62(75(10,11)12)69(56)76(68(55)61(40-49)74(7,8)9)59-36-34-52(82-51-33-35-54-53-28-19-20-30-63(53)81(65(54)42-51)67-32-21-22-37-78-67)43-66(59)80-46-79(64-31-23-29-60(76)71(64)80)70-57(47-24-15-13-16-25-47)44-77-45-58(70)48-26-17-14-18-27-48;/h13-41,44-45H,1-12H3;/q-2;. The van der Waals surface area contributed by atoms with Crippen molar-refractivity contribution < 1.29 is 30.4 Å². The van der Waals surface area contributed by atoms with E-state index in [0.717, 1.165) is 77.8 Å². The molecule has 1 spiro atoms. The summed E-state index contributed by atoms with van der Waals surface area (Å²) in [6.07, 6.45) is 9.93. The predicted molar refractivity (Wildman–Crippen MR) is 334 cm³/mol. The minimum atomic E-state index is -0.829. The van der Waals surface area contributed by atoms with Crippen molar-refractivity contribution in [2.75, 3.05) is 0 Å². The van der Waals surface area contributed by atoms with Crippen LogP contribution in [0.3, 0.4) is 0 Å².